The van der Waals surface area contributed by atoms with Crippen molar-refractivity contribution >= 4 is 29.0 Å². The Morgan fingerprint density at radius 3 is 2.56 bits per heavy atom. The molecule has 4 heterocycles. The number of hydrogen-bond acceptors (Lipinski definition) is 6. The zero-order chi connectivity index (χ0) is 24.6. The molecule has 0 atom stereocenters. The summed E-state index contributed by atoms with van der Waals surface area (Å²) in [5.74, 6) is 1.37. The van der Waals surface area contributed by atoms with Crippen LogP contribution in [0, 0.1) is 4.77 Å². The molecule has 0 radical (unpaired) electrons. The van der Waals surface area contributed by atoms with E-state index in [1.807, 2.05) is 23.1 Å². The van der Waals surface area contributed by atoms with Crippen molar-refractivity contribution in [2.45, 2.75) is 44.7 Å². The molecule has 2 saturated heterocycles. The minimum atomic E-state index is -0.187. The molecule has 0 bridgehead atoms. The number of aromatic nitrogens is 2. The first kappa shape index (κ1) is 23.2. The number of piperidine rings is 2. The topological polar surface area (TPSA) is 79.8 Å². The van der Waals surface area contributed by atoms with Gasteiger partial charge in [-0.3, -0.25) is 14.2 Å². The van der Waals surface area contributed by atoms with Crippen molar-refractivity contribution < 1.29 is 14.3 Å². The Morgan fingerprint density at radius 1 is 0.972 bits per heavy atom. The van der Waals surface area contributed by atoms with Crippen molar-refractivity contribution in [2.24, 2.45) is 0 Å². The Morgan fingerprint density at radius 2 is 1.75 bits per heavy atom. The molecule has 0 saturated carbocycles. The lowest BCUT2D eigenvalue weighted by Gasteiger charge is -2.40. The van der Waals surface area contributed by atoms with E-state index in [2.05, 4.69) is 9.88 Å². The summed E-state index contributed by atoms with van der Waals surface area (Å²) in [6.07, 6.45) is 5.95. The quantitative estimate of drug-likeness (QED) is 0.541. The molecule has 3 aromatic rings. The predicted octanol–water partition coefficient (Wildman–Crippen LogP) is 3.93. The second-order valence-electron chi connectivity index (χ2n) is 9.89. The summed E-state index contributed by atoms with van der Waals surface area (Å²) in [7, 11) is 0. The van der Waals surface area contributed by atoms with Gasteiger partial charge < -0.3 is 24.3 Å². The number of benzene rings is 2. The van der Waals surface area contributed by atoms with E-state index in [1.54, 1.807) is 18.2 Å². The minimum Gasteiger partial charge on any atom is -0.454 e. The summed E-state index contributed by atoms with van der Waals surface area (Å²) >= 11 is 5.53. The van der Waals surface area contributed by atoms with Crippen LogP contribution in [0.4, 0.5) is 0 Å². The van der Waals surface area contributed by atoms with E-state index in [-0.39, 0.29) is 18.3 Å². The number of likely N-dealkylation sites (tertiary alicyclic amines) is 2. The number of nitrogens with zero attached hydrogens (tertiary/aromatic N) is 3. The molecule has 0 aliphatic carbocycles. The van der Waals surface area contributed by atoms with Crippen molar-refractivity contribution in [1.82, 2.24) is 19.4 Å². The maximum absolute atomic E-state index is 13.3. The Hall–Kier alpha value is -3.17. The monoisotopic (exact) mass is 506 g/mol. The standard InChI is InChI=1S/C27H30N4O4S/c32-25(30-12-8-20(9-13-30)29-10-2-1-3-11-29)19-5-6-21-22(15-19)28-27(36)31(26(21)33)16-18-4-7-23-24(14-18)35-17-34-23/h4-7,14-15,20H,1-3,8-13,16-17H2,(H,28,36). The van der Waals surface area contributed by atoms with E-state index in [0.29, 0.717) is 45.3 Å². The number of hydrogen-bond donors (Lipinski definition) is 1. The molecule has 8 nitrogen and oxygen atoms in total. The third-order valence-electron chi connectivity index (χ3n) is 7.67. The average Bonchev–Trinajstić information content (AvgIpc) is 3.39. The number of fused-ring (bicyclic) bond motifs is 2. The van der Waals surface area contributed by atoms with E-state index in [4.69, 9.17) is 21.7 Å². The fraction of sp³-hybridized carbons (Fsp3) is 0.444. The second kappa shape index (κ2) is 9.71. The molecule has 0 unspecified atom stereocenters. The van der Waals surface area contributed by atoms with E-state index in [1.165, 1.54) is 36.9 Å². The van der Waals surface area contributed by atoms with Gasteiger partial charge in [0, 0.05) is 24.7 Å². The van der Waals surface area contributed by atoms with Crippen molar-refractivity contribution in [1.29, 1.82) is 0 Å². The fourth-order valence-corrected chi connectivity index (χ4v) is 5.91. The number of ether oxygens (including phenoxy) is 2. The van der Waals surface area contributed by atoms with Crippen LogP contribution < -0.4 is 15.0 Å². The SMILES string of the molecule is O=C(c1ccc2c(=O)n(Cc3ccc4c(c3)OCO4)c(=S)[nH]c2c1)N1CCC(N2CCCCC2)CC1. The van der Waals surface area contributed by atoms with Crippen LogP contribution in [0.25, 0.3) is 10.9 Å². The van der Waals surface area contributed by atoms with Crippen molar-refractivity contribution in [2.75, 3.05) is 33.0 Å². The molecule has 188 valence electrons. The van der Waals surface area contributed by atoms with Crippen LogP contribution in [0.2, 0.25) is 0 Å². The van der Waals surface area contributed by atoms with Gasteiger partial charge in [-0.15, -0.1) is 0 Å². The van der Waals surface area contributed by atoms with Crippen molar-refractivity contribution in [3.63, 3.8) is 0 Å². The average molecular weight is 507 g/mol. The first-order valence-corrected chi connectivity index (χ1v) is 13.2. The van der Waals surface area contributed by atoms with Crippen molar-refractivity contribution in [3.05, 3.63) is 62.6 Å². The molecule has 36 heavy (non-hydrogen) atoms. The molecule has 3 aliphatic rings. The van der Waals surface area contributed by atoms with E-state index >= 15 is 0 Å². The molecule has 1 aromatic heterocycles. The van der Waals surface area contributed by atoms with Crippen LogP contribution in [0.15, 0.2) is 41.2 Å². The van der Waals surface area contributed by atoms with E-state index in [9.17, 15) is 9.59 Å². The highest BCUT2D eigenvalue weighted by atomic mass is 32.1. The Bertz CT molecular complexity index is 1420. The molecule has 9 heteroatoms. The van der Waals surface area contributed by atoms with Gasteiger partial charge in [0.15, 0.2) is 16.3 Å². The van der Waals surface area contributed by atoms with Crippen LogP contribution >= 0.6 is 12.2 Å². The number of rotatable bonds is 4. The van der Waals surface area contributed by atoms with Gasteiger partial charge in [-0.05, 0) is 86.9 Å². The number of carbonyl (C=O) groups is 1. The van der Waals surface area contributed by atoms with E-state index < -0.39 is 0 Å². The molecular weight excluding hydrogens is 476 g/mol. The summed E-state index contributed by atoms with van der Waals surface area (Å²) in [4.78, 5) is 34.3. The largest absolute Gasteiger partial charge is 0.454 e. The summed E-state index contributed by atoms with van der Waals surface area (Å²) in [5, 5.41) is 0.504. The normalized spacial score (nSPS) is 18.6. The molecule has 2 aromatic carbocycles. The van der Waals surface area contributed by atoms with Crippen LogP contribution in [0.1, 0.15) is 48.0 Å². The van der Waals surface area contributed by atoms with Crippen molar-refractivity contribution in [3.8, 4) is 11.5 Å². The highest BCUT2D eigenvalue weighted by Crippen LogP contribution is 2.32. The number of carbonyl (C=O) groups excluding carboxylic acids is 1. The second-order valence-corrected chi connectivity index (χ2v) is 10.3. The Labute approximate surface area is 214 Å². The molecule has 0 spiro atoms. The van der Waals surface area contributed by atoms with Gasteiger partial charge >= 0.3 is 0 Å². The highest BCUT2D eigenvalue weighted by molar-refractivity contribution is 7.71. The third kappa shape index (κ3) is 4.41. The fourth-order valence-electron chi connectivity index (χ4n) is 5.65. The number of H-pyrrole nitrogens is 1. The molecular formula is C27H30N4O4S. The van der Waals surface area contributed by atoms with Gasteiger partial charge in [0.2, 0.25) is 6.79 Å². The summed E-state index contributed by atoms with van der Waals surface area (Å²) in [5.41, 5.74) is 1.87. The lowest BCUT2D eigenvalue weighted by molar-refractivity contribution is 0.0590. The minimum absolute atomic E-state index is 0.0119. The first-order chi connectivity index (χ1) is 17.6. The number of amides is 1. The maximum atomic E-state index is 13.3. The molecule has 3 aliphatic heterocycles. The summed E-state index contributed by atoms with van der Waals surface area (Å²) in [6, 6.07) is 11.4. The van der Waals surface area contributed by atoms with Gasteiger partial charge in [-0.2, -0.15) is 0 Å². The molecule has 1 N–H and O–H groups in total. The Kier molecular flexibility index (Phi) is 6.27. The molecule has 6 rings (SSSR count). The maximum Gasteiger partial charge on any atom is 0.262 e. The lowest BCUT2D eigenvalue weighted by Crippen LogP contribution is -2.48. The van der Waals surface area contributed by atoms with Crippen LogP contribution in [-0.4, -0.2) is 64.3 Å². The third-order valence-corrected chi connectivity index (χ3v) is 7.99. The van der Waals surface area contributed by atoms with Crippen LogP contribution in [0.3, 0.4) is 0 Å². The molecule has 2 fully saturated rings. The highest BCUT2D eigenvalue weighted by Gasteiger charge is 2.28. The summed E-state index contributed by atoms with van der Waals surface area (Å²) < 4.78 is 12.7. The van der Waals surface area contributed by atoms with Gasteiger partial charge in [0.25, 0.3) is 11.5 Å². The zero-order valence-corrected chi connectivity index (χ0v) is 21.0. The summed E-state index contributed by atoms with van der Waals surface area (Å²) in [6.45, 7) is 4.43. The van der Waals surface area contributed by atoms with Gasteiger partial charge in [0.05, 0.1) is 17.4 Å². The Balaban J connectivity index is 1.19. The van der Waals surface area contributed by atoms with Gasteiger partial charge in [0.1, 0.15) is 0 Å². The first-order valence-electron chi connectivity index (χ1n) is 12.8. The number of aromatic amines is 1. The zero-order valence-electron chi connectivity index (χ0n) is 20.2. The van der Waals surface area contributed by atoms with Crippen LogP contribution in [0.5, 0.6) is 11.5 Å². The van der Waals surface area contributed by atoms with Crippen LogP contribution in [-0.2, 0) is 6.54 Å². The van der Waals surface area contributed by atoms with Gasteiger partial charge in [-0.1, -0.05) is 12.5 Å². The van der Waals surface area contributed by atoms with Gasteiger partial charge in [-0.25, -0.2) is 0 Å². The molecule has 1 amide bonds. The smallest absolute Gasteiger partial charge is 0.262 e. The lowest BCUT2D eigenvalue weighted by atomic mass is 9.99. The predicted molar refractivity (Wildman–Crippen MR) is 139 cm³/mol. The van der Waals surface area contributed by atoms with E-state index in [0.717, 1.165) is 31.5 Å². The number of nitrogens with one attached hydrogen (secondary N) is 1.